The maximum Gasteiger partial charge on any atom is 0.270 e. The second-order valence-electron chi connectivity index (χ2n) is 6.74. The second-order valence-corrected chi connectivity index (χ2v) is 6.74. The molecule has 1 amide bonds. The van der Waals surface area contributed by atoms with E-state index in [0.29, 0.717) is 24.2 Å². The van der Waals surface area contributed by atoms with Crippen molar-refractivity contribution in [3.63, 3.8) is 0 Å². The molecule has 1 aliphatic rings. The number of nitrogens with zero attached hydrogens (tertiary/aromatic N) is 3. The van der Waals surface area contributed by atoms with E-state index in [1.807, 2.05) is 42.3 Å². The lowest BCUT2D eigenvalue weighted by Gasteiger charge is -2.36. The molecule has 0 spiro atoms. The highest BCUT2D eigenvalue weighted by molar-refractivity contribution is 5.99. The highest BCUT2D eigenvalue weighted by Crippen LogP contribution is 2.24. The van der Waals surface area contributed by atoms with Gasteiger partial charge >= 0.3 is 0 Å². The molecule has 1 aliphatic heterocycles. The number of anilines is 1. The van der Waals surface area contributed by atoms with Crippen molar-refractivity contribution in [3.05, 3.63) is 60.0 Å². The summed E-state index contributed by atoms with van der Waals surface area (Å²) in [4.78, 5) is 17.1. The van der Waals surface area contributed by atoms with Crippen LogP contribution in [0, 0.1) is 5.82 Å². The lowest BCUT2D eigenvalue weighted by Crippen LogP contribution is -2.49. The lowest BCUT2D eigenvalue weighted by molar-refractivity contribution is 0.0737. The number of hydrogen-bond acceptors (Lipinski definition) is 3. The molecule has 140 valence electrons. The Morgan fingerprint density at radius 2 is 1.74 bits per heavy atom. The number of aromatic nitrogens is 1. The molecule has 6 heteroatoms. The normalized spacial score (nSPS) is 14.6. The number of ether oxygens (including phenoxy) is 1. The van der Waals surface area contributed by atoms with Gasteiger partial charge in [0, 0.05) is 44.3 Å². The fraction of sp³-hybridized carbons (Fsp3) is 0.286. The quantitative estimate of drug-likeness (QED) is 0.713. The van der Waals surface area contributed by atoms with Gasteiger partial charge in [-0.3, -0.25) is 4.79 Å². The summed E-state index contributed by atoms with van der Waals surface area (Å²) in [6.07, 6.45) is 0. The van der Waals surface area contributed by atoms with Gasteiger partial charge in [-0.15, -0.1) is 0 Å². The zero-order chi connectivity index (χ0) is 19.0. The monoisotopic (exact) mass is 367 g/mol. The molecule has 2 aromatic carbocycles. The van der Waals surface area contributed by atoms with E-state index < -0.39 is 0 Å². The number of halogens is 1. The second kappa shape index (κ2) is 6.95. The molecule has 1 fully saturated rings. The predicted molar refractivity (Wildman–Crippen MR) is 104 cm³/mol. The van der Waals surface area contributed by atoms with Crippen LogP contribution in [-0.2, 0) is 7.05 Å². The first-order valence-electron chi connectivity index (χ1n) is 9.00. The minimum atomic E-state index is -0.300. The summed E-state index contributed by atoms with van der Waals surface area (Å²) in [7, 11) is 3.46. The first-order chi connectivity index (χ1) is 13.1. The van der Waals surface area contributed by atoms with Crippen LogP contribution < -0.4 is 9.64 Å². The van der Waals surface area contributed by atoms with Gasteiger partial charge in [0.2, 0.25) is 0 Å². The third kappa shape index (κ3) is 3.12. The Hall–Kier alpha value is -3.02. The highest BCUT2D eigenvalue weighted by atomic mass is 19.1. The zero-order valence-corrected chi connectivity index (χ0v) is 15.5. The van der Waals surface area contributed by atoms with E-state index in [9.17, 15) is 9.18 Å². The summed E-state index contributed by atoms with van der Waals surface area (Å²) < 4.78 is 21.0. The van der Waals surface area contributed by atoms with Gasteiger partial charge in [-0.05, 0) is 42.5 Å². The van der Waals surface area contributed by atoms with Crippen molar-refractivity contribution in [1.29, 1.82) is 0 Å². The van der Waals surface area contributed by atoms with Gasteiger partial charge < -0.3 is 19.1 Å². The van der Waals surface area contributed by atoms with Crippen LogP contribution >= 0.6 is 0 Å². The molecule has 27 heavy (non-hydrogen) atoms. The molecule has 0 N–H and O–H groups in total. The van der Waals surface area contributed by atoms with E-state index in [-0.39, 0.29) is 11.7 Å². The van der Waals surface area contributed by atoms with E-state index in [0.717, 1.165) is 30.0 Å². The molecule has 0 radical (unpaired) electrons. The van der Waals surface area contributed by atoms with Gasteiger partial charge in [0.05, 0.1) is 12.6 Å². The molecule has 0 bridgehead atoms. The minimum Gasteiger partial charge on any atom is -0.497 e. The molecule has 2 heterocycles. The van der Waals surface area contributed by atoms with Crippen LogP contribution in [-0.4, -0.2) is 48.7 Å². The fourth-order valence-corrected chi connectivity index (χ4v) is 3.65. The van der Waals surface area contributed by atoms with E-state index in [2.05, 4.69) is 4.90 Å². The van der Waals surface area contributed by atoms with Crippen molar-refractivity contribution >= 4 is 22.5 Å². The Morgan fingerprint density at radius 3 is 2.37 bits per heavy atom. The zero-order valence-electron chi connectivity index (χ0n) is 15.5. The summed E-state index contributed by atoms with van der Waals surface area (Å²) in [5, 5.41) is 0.486. The Kier molecular flexibility index (Phi) is 4.48. The summed E-state index contributed by atoms with van der Waals surface area (Å²) in [6.45, 7) is 2.79. The summed E-state index contributed by atoms with van der Waals surface area (Å²) in [5.41, 5.74) is 2.37. The maximum atomic E-state index is 14.0. The average molecular weight is 367 g/mol. The Balaban J connectivity index is 1.48. The minimum absolute atomic E-state index is 0.0533. The number of benzene rings is 2. The lowest BCUT2D eigenvalue weighted by atomic mass is 10.2. The van der Waals surface area contributed by atoms with Gasteiger partial charge in [0.15, 0.2) is 0 Å². The molecular weight excluding hydrogens is 345 g/mol. The number of carbonyl (C=O) groups excluding carboxylic acids is 1. The van der Waals surface area contributed by atoms with Crippen molar-refractivity contribution < 1.29 is 13.9 Å². The molecule has 0 aliphatic carbocycles. The SMILES string of the molecule is COc1ccc(N2CCN(C(=O)c3cc4c(F)cccc4n3C)CC2)cc1. The standard InChI is InChI=1S/C21H22FN3O2/c1-23-19-5-3-4-18(22)17(19)14-20(23)21(26)25-12-10-24(11-13-25)15-6-8-16(27-2)9-7-15/h3-9,14H,10-13H2,1-2H3. The van der Waals surface area contributed by atoms with E-state index >= 15 is 0 Å². The fourth-order valence-electron chi connectivity index (χ4n) is 3.65. The Labute approximate surface area is 157 Å². The van der Waals surface area contributed by atoms with E-state index in [1.165, 1.54) is 6.07 Å². The van der Waals surface area contributed by atoms with Gasteiger partial charge in [0.1, 0.15) is 17.3 Å². The van der Waals surface area contributed by atoms with Crippen LogP contribution in [0.1, 0.15) is 10.5 Å². The molecule has 3 aromatic rings. The number of aryl methyl sites for hydroxylation is 1. The maximum absolute atomic E-state index is 14.0. The van der Waals surface area contributed by atoms with Crippen molar-refractivity contribution in [1.82, 2.24) is 9.47 Å². The highest BCUT2D eigenvalue weighted by Gasteiger charge is 2.25. The molecule has 0 atom stereocenters. The number of carbonyl (C=O) groups is 1. The van der Waals surface area contributed by atoms with Gasteiger partial charge in [0.25, 0.3) is 5.91 Å². The van der Waals surface area contributed by atoms with Crippen molar-refractivity contribution in [3.8, 4) is 5.75 Å². The molecule has 5 nitrogen and oxygen atoms in total. The predicted octanol–water partition coefficient (Wildman–Crippen LogP) is 3.29. The van der Waals surface area contributed by atoms with E-state index in [1.54, 1.807) is 23.8 Å². The van der Waals surface area contributed by atoms with Crippen LogP contribution in [0.15, 0.2) is 48.5 Å². The molecule has 1 aromatic heterocycles. The summed E-state index contributed by atoms with van der Waals surface area (Å²) >= 11 is 0. The van der Waals surface area contributed by atoms with Crippen LogP contribution in [0.25, 0.3) is 10.9 Å². The molecule has 0 unspecified atom stereocenters. The van der Waals surface area contributed by atoms with Crippen molar-refractivity contribution in [2.45, 2.75) is 0 Å². The molecule has 0 saturated carbocycles. The number of rotatable bonds is 3. The number of piperazine rings is 1. The third-order valence-electron chi connectivity index (χ3n) is 5.26. The van der Waals surface area contributed by atoms with E-state index in [4.69, 9.17) is 4.74 Å². The van der Waals surface area contributed by atoms with Crippen LogP contribution in [0.4, 0.5) is 10.1 Å². The largest absolute Gasteiger partial charge is 0.497 e. The number of hydrogen-bond donors (Lipinski definition) is 0. The smallest absolute Gasteiger partial charge is 0.270 e. The van der Waals surface area contributed by atoms with Crippen LogP contribution in [0.2, 0.25) is 0 Å². The van der Waals surface area contributed by atoms with Crippen LogP contribution in [0.5, 0.6) is 5.75 Å². The summed E-state index contributed by atoms with van der Waals surface area (Å²) in [6, 6.07) is 14.5. The van der Waals surface area contributed by atoms with Crippen LogP contribution in [0.3, 0.4) is 0 Å². The first kappa shape index (κ1) is 17.4. The van der Waals surface area contributed by atoms with Crippen molar-refractivity contribution in [2.24, 2.45) is 7.05 Å². The number of methoxy groups -OCH3 is 1. The van der Waals surface area contributed by atoms with Gasteiger partial charge in [-0.2, -0.15) is 0 Å². The molecule has 1 saturated heterocycles. The number of amides is 1. The third-order valence-corrected chi connectivity index (χ3v) is 5.26. The average Bonchev–Trinajstić information content (AvgIpc) is 3.06. The summed E-state index contributed by atoms with van der Waals surface area (Å²) in [5.74, 6) is 0.476. The topological polar surface area (TPSA) is 37.7 Å². The van der Waals surface area contributed by atoms with Crippen molar-refractivity contribution in [2.75, 3.05) is 38.2 Å². The molecular formula is C21H22FN3O2. The number of fused-ring (bicyclic) bond motifs is 1. The Bertz CT molecular complexity index is 973. The van der Waals surface area contributed by atoms with Gasteiger partial charge in [-0.1, -0.05) is 6.07 Å². The van der Waals surface area contributed by atoms with Gasteiger partial charge in [-0.25, -0.2) is 4.39 Å². The Morgan fingerprint density at radius 1 is 1.04 bits per heavy atom. The first-order valence-corrected chi connectivity index (χ1v) is 9.00. The molecule has 4 rings (SSSR count).